The average Bonchev–Trinajstić information content (AvgIpc) is 2.63. The summed E-state index contributed by atoms with van der Waals surface area (Å²) in [5.74, 6) is 0.293. The largest absolute Gasteiger partial charge is 0.402 e. The SMILES string of the molecule is C[C@@H]1C[C@H](O[Si](c2ccccc2)(c2ccccc2)C(C)(C)C)[C@@H](O)[C@@](C)(O)C1. The van der Waals surface area contributed by atoms with Crippen LogP contribution < -0.4 is 10.4 Å². The molecule has 1 aliphatic rings. The fourth-order valence-corrected chi connectivity index (χ4v) is 9.56. The highest BCUT2D eigenvalue weighted by atomic mass is 28.4. The number of aliphatic hydroxyl groups is 2. The molecule has 4 atom stereocenters. The summed E-state index contributed by atoms with van der Waals surface area (Å²) in [7, 11) is -2.74. The Hall–Kier alpha value is -1.46. The highest BCUT2D eigenvalue weighted by Gasteiger charge is 2.54. The zero-order chi connectivity index (χ0) is 20.6. The molecule has 0 radical (unpaired) electrons. The van der Waals surface area contributed by atoms with Crippen LogP contribution in [0.1, 0.15) is 47.5 Å². The van der Waals surface area contributed by atoms with Gasteiger partial charge >= 0.3 is 0 Å². The summed E-state index contributed by atoms with van der Waals surface area (Å²) in [6.45, 7) is 10.6. The second-order valence-corrected chi connectivity index (χ2v) is 13.9. The third-order valence-corrected chi connectivity index (χ3v) is 11.2. The van der Waals surface area contributed by atoms with Crippen LogP contribution in [-0.2, 0) is 4.43 Å². The first kappa shape index (κ1) is 21.3. The minimum Gasteiger partial charge on any atom is -0.402 e. The molecule has 2 aromatic rings. The lowest BCUT2D eigenvalue weighted by Crippen LogP contribution is -2.70. The molecule has 0 aromatic heterocycles. The molecule has 0 spiro atoms. The van der Waals surface area contributed by atoms with E-state index in [1.165, 1.54) is 10.4 Å². The fourth-order valence-electron chi connectivity index (χ4n) is 4.87. The third kappa shape index (κ3) is 3.83. The predicted molar refractivity (Wildman–Crippen MR) is 118 cm³/mol. The van der Waals surface area contributed by atoms with Gasteiger partial charge in [-0.2, -0.15) is 0 Å². The molecule has 2 N–H and O–H groups in total. The molecule has 0 saturated heterocycles. The summed E-state index contributed by atoms with van der Waals surface area (Å²) in [6.07, 6.45) is 0.0479. The minimum absolute atomic E-state index is 0.151. The van der Waals surface area contributed by atoms with Gasteiger partial charge < -0.3 is 14.6 Å². The molecule has 0 aliphatic heterocycles. The van der Waals surface area contributed by atoms with Gasteiger partial charge in [-0.1, -0.05) is 88.4 Å². The molecule has 2 aromatic carbocycles. The Balaban J connectivity index is 2.16. The molecular weight excluding hydrogens is 364 g/mol. The maximum Gasteiger partial charge on any atom is 0.261 e. The average molecular weight is 399 g/mol. The molecule has 1 fully saturated rings. The lowest BCUT2D eigenvalue weighted by atomic mass is 9.76. The van der Waals surface area contributed by atoms with E-state index >= 15 is 0 Å². The van der Waals surface area contributed by atoms with Crippen LogP contribution in [0.5, 0.6) is 0 Å². The van der Waals surface area contributed by atoms with Crippen molar-refractivity contribution < 1.29 is 14.6 Å². The van der Waals surface area contributed by atoms with Crippen molar-refractivity contribution in [3.63, 3.8) is 0 Å². The summed E-state index contributed by atoms with van der Waals surface area (Å²) >= 11 is 0. The second kappa shape index (κ2) is 7.75. The van der Waals surface area contributed by atoms with Crippen LogP contribution in [-0.4, -0.2) is 36.3 Å². The molecule has 3 nitrogen and oxygen atoms in total. The number of hydrogen-bond acceptors (Lipinski definition) is 3. The van der Waals surface area contributed by atoms with E-state index in [2.05, 4.69) is 76.2 Å². The normalized spacial score (nSPS) is 28.9. The van der Waals surface area contributed by atoms with Crippen LogP contribution in [0.25, 0.3) is 0 Å². The maximum atomic E-state index is 11.0. The van der Waals surface area contributed by atoms with E-state index in [9.17, 15) is 10.2 Å². The van der Waals surface area contributed by atoms with Gasteiger partial charge in [-0.05, 0) is 41.1 Å². The van der Waals surface area contributed by atoms with E-state index in [0.29, 0.717) is 12.3 Å². The highest BCUT2D eigenvalue weighted by Crippen LogP contribution is 2.41. The zero-order valence-electron chi connectivity index (χ0n) is 17.7. The Labute approximate surface area is 170 Å². The topological polar surface area (TPSA) is 49.7 Å². The molecule has 0 unspecified atom stereocenters. The maximum absolute atomic E-state index is 11.0. The van der Waals surface area contributed by atoms with Crippen molar-refractivity contribution in [1.82, 2.24) is 0 Å². The van der Waals surface area contributed by atoms with Crippen LogP contribution in [0, 0.1) is 5.92 Å². The standard InChI is InChI=1S/C24H34O3Si/c1-18-16-21(22(25)24(5,26)17-18)27-28(23(2,3)4,19-12-8-6-9-13-19)20-14-10-7-11-15-20/h6-15,18,21-22,25-26H,16-17H2,1-5H3/t18-,21+,22-,24+/m1/s1. The van der Waals surface area contributed by atoms with Crippen molar-refractivity contribution in [2.24, 2.45) is 5.92 Å². The van der Waals surface area contributed by atoms with Gasteiger partial charge in [0.1, 0.15) is 6.10 Å². The van der Waals surface area contributed by atoms with Crippen molar-refractivity contribution in [1.29, 1.82) is 0 Å². The zero-order valence-corrected chi connectivity index (χ0v) is 18.7. The quantitative estimate of drug-likeness (QED) is 0.776. The monoisotopic (exact) mass is 398 g/mol. The predicted octanol–water partition coefficient (Wildman–Crippen LogP) is 3.47. The van der Waals surface area contributed by atoms with Gasteiger partial charge in [0.05, 0.1) is 11.7 Å². The molecule has 1 saturated carbocycles. The van der Waals surface area contributed by atoms with E-state index in [-0.39, 0.29) is 5.04 Å². The van der Waals surface area contributed by atoms with Crippen LogP contribution in [0.4, 0.5) is 0 Å². The molecule has 0 heterocycles. The fraction of sp³-hybridized carbons (Fsp3) is 0.500. The number of aliphatic hydroxyl groups excluding tert-OH is 1. The van der Waals surface area contributed by atoms with Crippen molar-refractivity contribution >= 4 is 18.7 Å². The molecule has 4 heteroatoms. The van der Waals surface area contributed by atoms with Gasteiger partial charge in [-0.3, -0.25) is 0 Å². The Kier molecular flexibility index (Phi) is 5.88. The number of hydrogen-bond donors (Lipinski definition) is 2. The smallest absolute Gasteiger partial charge is 0.261 e. The summed E-state index contributed by atoms with van der Waals surface area (Å²) in [6, 6.07) is 20.9. The lowest BCUT2D eigenvalue weighted by molar-refractivity contribution is -0.147. The van der Waals surface area contributed by atoms with Crippen molar-refractivity contribution in [2.45, 2.75) is 70.3 Å². The Morgan fingerprint density at radius 3 is 1.86 bits per heavy atom. The number of benzene rings is 2. The Bertz CT molecular complexity index is 728. The second-order valence-electron chi connectivity index (χ2n) is 9.67. The summed E-state index contributed by atoms with van der Waals surface area (Å²) in [4.78, 5) is 0. The first-order chi connectivity index (χ1) is 13.1. The van der Waals surface area contributed by atoms with Gasteiger partial charge in [-0.15, -0.1) is 0 Å². The van der Waals surface area contributed by atoms with Gasteiger partial charge in [0.2, 0.25) is 0 Å². The lowest BCUT2D eigenvalue weighted by Gasteiger charge is -2.50. The van der Waals surface area contributed by atoms with Crippen molar-refractivity contribution in [3.8, 4) is 0 Å². The van der Waals surface area contributed by atoms with E-state index in [0.717, 1.165) is 6.42 Å². The van der Waals surface area contributed by atoms with Gasteiger partial charge in [-0.25, -0.2) is 0 Å². The minimum atomic E-state index is -2.74. The van der Waals surface area contributed by atoms with Crippen molar-refractivity contribution in [2.75, 3.05) is 0 Å². The van der Waals surface area contributed by atoms with Gasteiger partial charge in [0, 0.05) is 0 Å². The molecule has 3 rings (SSSR count). The molecule has 1 aliphatic carbocycles. The van der Waals surface area contributed by atoms with Gasteiger partial charge in [0.25, 0.3) is 8.32 Å². The highest BCUT2D eigenvalue weighted by molar-refractivity contribution is 6.99. The van der Waals surface area contributed by atoms with E-state index < -0.39 is 26.1 Å². The summed E-state index contributed by atoms with van der Waals surface area (Å²) in [5.41, 5.74) is -1.13. The molecular formula is C24H34O3Si. The molecule has 0 amide bonds. The van der Waals surface area contributed by atoms with E-state index in [1.54, 1.807) is 6.92 Å². The first-order valence-electron chi connectivity index (χ1n) is 10.3. The van der Waals surface area contributed by atoms with Crippen LogP contribution in [0.3, 0.4) is 0 Å². The van der Waals surface area contributed by atoms with Crippen LogP contribution in [0.15, 0.2) is 60.7 Å². The van der Waals surface area contributed by atoms with Crippen LogP contribution >= 0.6 is 0 Å². The molecule has 152 valence electrons. The molecule has 28 heavy (non-hydrogen) atoms. The number of rotatable bonds is 4. The summed E-state index contributed by atoms with van der Waals surface area (Å²) in [5, 5.41) is 24.0. The summed E-state index contributed by atoms with van der Waals surface area (Å²) < 4.78 is 7.06. The molecule has 0 bridgehead atoms. The van der Waals surface area contributed by atoms with Gasteiger partial charge in [0.15, 0.2) is 0 Å². The van der Waals surface area contributed by atoms with Crippen LogP contribution in [0.2, 0.25) is 5.04 Å². The first-order valence-corrected chi connectivity index (χ1v) is 12.2. The Morgan fingerprint density at radius 1 is 0.964 bits per heavy atom. The van der Waals surface area contributed by atoms with E-state index in [4.69, 9.17) is 4.43 Å². The Morgan fingerprint density at radius 2 is 1.43 bits per heavy atom. The van der Waals surface area contributed by atoms with E-state index in [1.807, 2.05) is 12.1 Å². The third-order valence-electron chi connectivity index (χ3n) is 6.13. The van der Waals surface area contributed by atoms with Crippen molar-refractivity contribution in [3.05, 3.63) is 60.7 Å².